The molecule has 5 heteroatoms. The Labute approximate surface area is 198 Å². The van der Waals surface area contributed by atoms with Gasteiger partial charge in [-0.3, -0.25) is 9.59 Å². The van der Waals surface area contributed by atoms with Crippen LogP contribution in [0, 0.1) is 0 Å². The molecule has 1 aromatic rings. The van der Waals surface area contributed by atoms with E-state index in [4.69, 9.17) is 0 Å². The fourth-order valence-electron chi connectivity index (χ4n) is 5.43. The number of carbonyl (C=O) groups excluding carboxylic acids is 2. The van der Waals surface area contributed by atoms with E-state index in [-0.39, 0.29) is 11.7 Å². The molecule has 1 aromatic carbocycles. The Bertz CT molecular complexity index is 996. The van der Waals surface area contributed by atoms with E-state index in [9.17, 15) is 9.59 Å². The summed E-state index contributed by atoms with van der Waals surface area (Å²) in [7, 11) is 2.19. The molecule has 0 aromatic heterocycles. The maximum Gasteiger partial charge on any atom is 0.251 e. The van der Waals surface area contributed by atoms with Gasteiger partial charge in [-0.2, -0.15) is 0 Å². The maximum atomic E-state index is 13.3. The first-order chi connectivity index (χ1) is 16.0. The largest absolute Gasteiger partial charge is 0.368 e. The van der Waals surface area contributed by atoms with Gasteiger partial charge in [0.05, 0.1) is 0 Å². The lowest BCUT2D eigenvalue weighted by molar-refractivity contribution is -0.115. The van der Waals surface area contributed by atoms with Gasteiger partial charge in [-0.25, -0.2) is 0 Å². The minimum Gasteiger partial charge on any atom is -0.368 e. The topological polar surface area (TPSA) is 52.7 Å². The molecule has 176 valence electrons. The zero-order valence-corrected chi connectivity index (χ0v) is 20.3. The summed E-state index contributed by atoms with van der Waals surface area (Å²) in [6, 6.07) is 6.60. The fourth-order valence-corrected chi connectivity index (χ4v) is 5.43. The number of nitrogens with zero attached hydrogens (tertiary/aromatic N) is 2. The molecule has 0 saturated carbocycles. The zero-order valence-electron chi connectivity index (χ0n) is 20.3. The second kappa shape index (κ2) is 10.5. The van der Waals surface area contributed by atoms with E-state index < -0.39 is 0 Å². The molecule has 2 aliphatic heterocycles. The third-order valence-electron chi connectivity index (χ3n) is 7.25. The third kappa shape index (κ3) is 5.30. The highest BCUT2D eigenvalue weighted by molar-refractivity contribution is 6.02. The van der Waals surface area contributed by atoms with E-state index in [1.54, 1.807) is 0 Å². The summed E-state index contributed by atoms with van der Waals surface area (Å²) in [5, 5.41) is 3.07. The van der Waals surface area contributed by atoms with Crippen molar-refractivity contribution in [2.24, 2.45) is 0 Å². The Morgan fingerprint density at radius 1 is 1.15 bits per heavy atom. The summed E-state index contributed by atoms with van der Waals surface area (Å²) in [4.78, 5) is 30.9. The van der Waals surface area contributed by atoms with Crippen LogP contribution >= 0.6 is 0 Å². The van der Waals surface area contributed by atoms with Gasteiger partial charge >= 0.3 is 0 Å². The Balaban J connectivity index is 1.66. The van der Waals surface area contributed by atoms with Crippen molar-refractivity contribution in [2.75, 3.05) is 38.1 Å². The minimum absolute atomic E-state index is 0.0915. The number of fused-ring (bicyclic) bond motifs is 1. The highest BCUT2D eigenvalue weighted by atomic mass is 16.2. The van der Waals surface area contributed by atoms with Crippen molar-refractivity contribution in [2.45, 2.75) is 58.4 Å². The first kappa shape index (κ1) is 23.5. The molecular formula is C28H37N3O2. The van der Waals surface area contributed by atoms with Crippen molar-refractivity contribution in [1.82, 2.24) is 10.2 Å². The van der Waals surface area contributed by atoms with E-state index in [0.717, 1.165) is 79.6 Å². The first-order valence-electron chi connectivity index (χ1n) is 12.4. The number of anilines is 1. The molecule has 0 atom stereocenters. The molecule has 2 heterocycles. The molecule has 1 amide bonds. The molecule has 33 heavy (non-hydrogen) atoms. The number of allylic oxidation sites excluding steroid dienone is 5. The quantitative estimate of drug-likeness (QED) is 0.696. The molecule has 1 aliphatic carbocycles. The predicted molar refractivity (Wildman–Crippen MR) is 135 cm³/mol. The van der Waals surface area contributed by atoms with Gasteiger partial charge in [-0.05, 0) is 89.4 Å². The van der Waals surface area contributed by atoms with Crippen LogP contribution in [0.5, 0.6) is 0 Å². The molecule has 0 bridgehead atoms. The molecule has 1 saturated heterocycles. The summed E-state index contributed by atoms with van der Waals surface area (Å²) in [5.74, 6) is 0.0471. The standard InChI is InChI=1S/C28H37N3O2/c1-4-31(22-13-15-30(3)16-14-22)26-12-8-11-24-23(26)10-7-5-6-9-21-17-20(2)18-27(32)25(21)19-29-28(24)33/h5,7-8,11-12,17,22H,4,6,9-10,13-16,18-19H2,1-3H3,(H,29,33)/b7-5+. The number of hydrogen-bond acceptors (Lipinski definition) is 4. The van der Waals surface area contributed by atoms with Crippen LogP contribution in [0.2, 0.25) is 0 Å². The second-order valence-corrected chi connectivity index (χ2v) is 9.62. The molecule has 0 spiro atoms. The lowest BCUT2D eigenvalue weighted by Crippen LogP contribution is -2.44. The minimum atomic E-state index is -0.0915. The lowest BCUT2D eigenvalue weighted by Gasteiger charge is -2.39. The molecule has 3 aliphatic rings. The SMILES string of the molecule is CCN(c1cccc2c1C/C=C/CCC1=C(CNC2=O)C(=O)CC(C)=C1)C1CCN(C)CC1. The van der Waals surface area contributed by atoms with Crippen LogP contribution in [0.1, 0.15) is 61.9 Å². The number of piperidine rings is 1. The Morgan fingerprint density at radius 2 is 1.94 bits per heavy atom. The summed E-state index contributed by atoms with van der Waals surface area (Å²) < 4.78 is 0. The molecule has 5 nitrogen and oxygen atoms in total. The number of ketones is 1. The Hall–Kier alpha value is -2.66. The van der Waals surface area contributed by atoms with E-state index in [2.05, 4.69) is 53.4 Å². The van der Waals surface area contributed by atoms with Crippen LogP contribution in [-0.4, -0.2) is 55.9 Å². The number of nitrogens with one attached hydrogen (secondary N) is 1. The average molecular weight is 448 g/mol. The van der Waals surface area contributed by atoms with Crippen molar-refractivity contribution in [1.29, 1.82) is 0 Å². The molecule has 4 rings (SSSR count). The normalized spacial score (nSPS) is 21.8. The van der Waals surface area contributed by atoms with Gasteiger partial charge < -0.3 is 15.1 Å². The number of hydrogen-bond donors (Lipinski definition) is 1. The van der Waals surface area contributed by atoms with E-state index in [1.807, 2.05) is 19.1 Å². The summed E-state index contributed by atoms with van der Waals surface area (Å²) in [5.41, 5.74) is 5.93. The van der Waals surface area contributed by atoms with E-state index in [0.29, 0.717) is 19.0 Å². The predicted octanol–water partition coefficient (Wildman–Crippen LogP) is 4.45. The van der Waals surface area contributed by atoms with Crippen LogP contribution in [0.4, 0.5) is 5.69 Å². The van der Waals surface area contributed by atoms with Crippen LogP contribution in [-0.2, 0) is 11.2 Å². The van der Waals surface area contributed by atoms with Crippen molar-refractivity contribution in [3.8, 4) is 0 Å². The van der Waals surface area contributed by atoms with Crippen molar-refractivity contribution >= 4 is 17.4 Å². The van der Waals surface area contributed by atoms with Gasteiger partial charge in [-0.1, -0.05) is 29.9 Å². The van der Waals surface area contributed by atoms with Crippen LogP contribution in [0.15, 0.2) is 53.1 Å². The number of likely N-dealkylation sites (tertiary alicyclic amines) is 1. The van der Waals surface area contributed by atoms with Crippen LogP contribution in [0.3, 0.4) is 0 Å². The molecule has 0 unspecified atom stereocenters. The first-order valence-corrected chi connectivity index (χ1v) is 12.4. The van der Waals surface area contributed by atoms with Gasteiger partial charge in [0.15, 0.2) is 5.78 Å². The van der Waals surface area contributed by atoms with Gasteiger partial charge in [0.2, 0.25) is 0 Å². The smallest absolute Gasteiger partial charge is 0.251 e. The number of benzene rings is 1. The van der Waals surface area contributed by atoms with Crippen molar-refractivity contribution < 1.29 is 9.59 Å². The number of rotatable bonds is 3. The number of carbonyl (C=O) groups is 2. The average Bonchev–Trinajstić information content (AvgIpc) is 2.79. The lowest BCUT2D eigenvalue weighted by atomic mass is 9.89. The Kier molecular flexibility index (Phi) is 7.49. The summed E-state index contributed by atoms with van der Waals surface area (Å²) in [6.07, 6.45) is 11.7. The maximum absolute atomic E-state index is 13.3. The highest BCUT2D eigenvalue weighted by Crippen LogP contribution is 2.31. The number of amides is 1. The molecular weight excluding hydrogens is 410 g/mol. The molecule has 0 radical (unpaired) electrons. The van der Waals surface area contributed by atoms with Gasteiger partial charge in [0, 0.05) is 42.4 Å². The van der Waals surface area contributed by atoms with Crippen molar-refractivity contribution in [3.05, 3.63) is 64.3 Å². The zero-order chi connectivity index (χ0) is 23.4. The van der Waals surface area contributed by atoms with Gasteiger partial charge in [-0.15, -0.1) is 0 Å². The third-order valence-corrected chi connectivity index (χ3v) is 7.25. The highest BCUT2D eigenvalue weighted by Gasteiger charge is 2.26. The monoisotopic (exact) mass is 447 g/mol. The van der Waals surface area contributed by atoms with Gasteiger partial charge in [0.25, 0.3) is 5.91 Å². The van der Waals surface area contributed by atoms with E-state index >= 15 is 0 Å². The summed E-state index contributed by atoms with van der Waals surface area (Å²) in [6.45, 7) is 7.66. The van der Waals surface area contributed by atoms with Crippen LogP contribution < -0.4 is 10.2 Å². The van der Waals surface area contributed by atoms with Gasteiger partial charge in [0.1, 0.15) is 0 Å². The Morgan fingerprint density at radius 3 is 2.70 bits per heavy atom. The molecule has 1 N–H and O–H groups in total. The fraction of sp³-hybridized carbons (Fsp3) is 0.500. The van der Waals surface area contributed by atoms with Crippen LogP contribution in [0.25, 0.3) is 0 Å². The summed E-state index contributed by atoms with van der Waals surface area (Å²) >= 11 is 0. The number of Topliss-reactive ketones (excluding diaryl/α,β-unsaturated/α-hetero) is 1. The van der Waals surface area contributed by atoms with E-state index in [1.165, 1.54) is 5.69 Å². The second-order valence-electron chi connectivity index (χ2n) is 9.62. The molecule has 1 fully saturated rings. The van der Waals surface area contributed by atoms with Crippen molar-refractivity contribution in [3.63, 3.8) is 0 Å².